The van der Waals surface area contributed by atoms with Crippen molar-refractivity contribution in [1.29, 1.82) is 0 Å². The summed E-state index contributed by atoms with van der Waals surface area (Å²) >= 11 is 3.53. The Kier molecular flexibility index (Phi) is 6.30. The summed E-state index contributed by atoms with van der Waals surface area (Å²) in [4.78, 5) is 0. The summed E-state index contributed by atoms with van der Waals surface area (Å²) in [5.41, 5.74) is 2.26. The number of hydrogen-bond donors (Lipinski definition) is 1. The summed E-state index contributed by atoms with van der Waals surface area (Å²) in [7, 11) is -1.60. The molecule has 0 aliphatic rings. The molecular formula is C19H26BrNOSi. The quantitative estimate of drug-likeness (QED) is 0.570. The van der Waals surface area contributed by atoms with Crippen LogP contribution in [0.5, 0.6) is 5.75 Å². The molecule has 0 aliphatic heterocycles. The number of hydrogen-bond acceptors (Lipinski definition) is 2. The Morgan fingerprint density at radius 1 is 0.913 bits per heavy atom. The molecule has 1 N–H and O–H groups in total. The van der Waals surface area contributed by atoms with Gasteiger partial charge >= 0.3 is 0 Å². The lowest BCUT2D eigenvalue weighted by Crippen LogP contribution is -2.52. The van der Waals surface area contributed by atoms with Gasteiger partial charge in [-0.2, -0.15) is 0 Å². The predicted octanol–water partition coefficient (Wildman–Crippen LogP) is 6.17. The molecule has 124 valence electrons. The molecule has 2 rings (SSSR count). The van der Waals surface area contributed by atoms with Crippen LogP contribution in [0.25, 0.3) is 0 Å². The summed E-state index contributed by atoms with van der Waals surface area (Å²) in [5, 5.41) is 10.2. The van der Waals surface area contributed by atoms with Crippen LogP contribution in [0.3, 0.4) is 0 Å². The molecule has 2 aromatic rings. The molecule has 23 heavy (non-hydrogen) atoms. The Balaban J connectivity index is 2.46. The van der Waals surface area contributed by atoms with Gasteiger partial charge in [0.15, 0.2) is 8.24 Å². The number of rotatable bonds is 7. The lowest BCUT2D eigenvalue weighted by Gasteiger charge is -2.43. The summed E-state index contributed by atoms with van der Waals surface area (Å²) in [5.74, 6) is 0.390. The van der Waals surface area contributed by atoms with Crippen molar-refractivity contribution in [2.75, 3.05) is 4.57 Å². The van der Waals surface area contributed by atoms with Crippen molar-refractivity contribution in [2.24, 2.45) is 0 Å². The second-order valence-electron chi connectivity index (χ2n) is 5.98. The van der Waals surface area contributed by atoms with E-state index in [1.54, 1.807) is 6.07 Å². The van der Waals surface area contributed by atoms with Gasteiger partial charge in [0.2, 0.25) is 0 Å². The highest BCUT2D eigenvalue weighted by Gasteiger charge is 2.35. The minimum Gasteiger partial charge on any atom is -0.508 e. The molecule has 0 spiro atoms. The van der Waals surface area contributed by atoms with Gasteiger partial charge in [0.1, 0.15) is 5.75 Å². The largest absolute Gasteiger partial charge is 0.508 e. The fourth-order valence-corrected chi connectivity index (χ4v) is 7.40. The van der Waals surface area contributed by atoms with Gasteiger partial charge in [-0.25, -0.2) is 0 Å². The Morgan fingerprint density at radius 3 is 2.00 bits per heavy atom. The van der Waals surface area contributed by atoms with E-state index < -0.39 is 8.24 Å². The Hall–Kier alpha value is -1.26. The summed E-state index contributed by atoms with van der Waals surface area (Å²) in [6, 6.07) is 19.9. The van der Waals surface area contributed by atoms with Crippen molar-refractivity contribution in [2.45, 2.75) is 45.4 Å². The van der Waals surface area contributed by atoms with Gasteiger partial charge in [0.25, 0.3) is 0 Å². The van der Waals surface area contributed by atoms with E-state index in [-0.39, 0.29) is 0 Å². The van der Waals surface area contributed by atoms with Crippen LogP contribution in [-0.2, 0) is 6.54 Å². The highest BCUT2D eigenvalue weighted by molar-refractivity contribution is 9.10. The second kappa shape index (κ2) is 8.02. The third-order valence-corrected chi connectivity index (χ3v) is 11.0. The van der Waals surface area contributed by atoms with Gasteiger partial charge < -0.3 is 9.67 Å². The summed E-state index contributed by atoms with van der Waals surface area (Å²) in [6.45, 7) is 7.72. The number of benzene rings is 2. The molecule has 0 radical (unpaired) electrons. The average Bonchev–Trinajstić information content (AvgIpc) is 2.58. The Morgan fingerprint density at radius 2 is 1.48 bits per heavy atom. The van der Waals surface area contributed by atoms with E-state index in [0.717, 1.165) is 16.6 Å². The lowest BCUT2D eigenvalue weighted by molar-refractivity contribution is 0.468. The van der Waals surface area contributed by atoms with Crippen LogP contribution in [0.1, 0.15) is 26.3 Å². The zero-order valence-corrected chi connectivity index (χ0v) is 16.8. The van der Waals surface area contributed by atoms with Crippen LogP contribution < -0.4 is 4.57 Å². The second-order valence-corrected chi connectivity index (χ2v) is 12.0. The third kappa shape index (κ3) is 3.99. The van der Waals surface area contributed by atoms with Crippen molar-refractivity contribution in [3.05, 3.63) is 58.6 Å². The van der Waals surface area contributed by atoms with Gasteiger partial charge in [0, 0.05) is 22.3 Å². The standard InChI is InChI=1S/C19H26BrNOSi/c1-4-23(5-2,6-3)21(18-13-11-17(20)12-14-18)15-16-9-7-8-10-19(16)22/h7-14,22H,4-6,15H2,1-3H3. The van der Waals surface area contributed by atoms with Gasteiger partial charge in [-0.05, 0) is 48.5 Å². The number of nitrogens with zero attached hydrogens (tertiary/aromatic N) is 1. The highest BCUT2D eigenvalue weighted by atomic mass is 79.9. The first kappa shape index (κ1) is 18.1. The molecule has 0 unspecified atom stereocenters. The molecule has 0 atom stereocenters. The van der Waals surface area contributed by atoms with E-state index in [2.05, 4.69) is 65.5 Å². The molecule has 0 amide bonds. The van der Waals surface area contributed by atoms with Gasteiger partial charge in [-0.1, -0.05) is 54.9 Å². The first-order valence-electron chi connectivity index (χ1n) is 8.36. The van der Waals surface area contributed by atoms with Crippen molar-refractivity contribution < 1.29 is 5.11 Å². The number of phenolic OH excluding ortho intramolecular Hbond substituents is 1. The van der Waals surface area contributed by atoms with Crippen LogP contribution in [0.2, 0.25) is 18.1 Å². The van der Waals surface area contributed by atoms with E-state index in [0.29, 0.717) is 5.75 Å². The molecule has 0 saturated heterocycles. The van der Waals surface area contributed by atoms with Crippen LogP contribution in [0, 0.1) is 0 Å². The van der Waals surface area contributed by atoms with E-state index in [4.69, 9.17) is 0 Å². The Bertz CT molecular complexity index is 617. The maximum Gasteiger partial charge on any atom is 0.156 e. The molecule has 0 saturated carbocycles. The monoisotopic (exact) mass is 391 g/mol. The number of anilines is 1. The van der Waals surface area contributed by atoms with Crippen LogP contribution >= 0.6 is 15.9 Å². The summed E-state index contributed by atoms with van der Waals surface area (Å²) in [6.07, 6.45) is 0. The SMILES string of the molecule is CC[Si](CC)(CC)N(Cc1ccccc1O)c1ccc(Br)cc1. The molecule has 0 fully saturated rings. The molecule has 0 bridgehead atoms. The zero-order chi connectivity index (χ0) is 16.9. The first-order valence-corrected chi connectivity index (χ1v) is 11.7. The van der Waals surface area contributed by atoms with E-state index >= 15 is 0 Å². The van der Waals surface area contributed by atoms with E-state index in [1.807, 2.05) is 18.2 Å². The molecule has 0 aliphatic carbocycles. The molecule has 2 aromatic carbocycles. The minimum absolute atomic E-state index is 0.390. The van der Waals surface area contributed by atoms with Gasteiger partial charge in [-0.15, -0.1) is 0 Å². The minimum atomic E-state index is -1.60. The van der Waals surface area contributed by atoms with Crippen molar-refractivity contribution in [3.63, 3.8) is 0 Å². The molecule has 4 heteroatoms. The normalized spacial score (nSPS) is 11.5. The van der Waals surface area contributed by atoms with Crippen molar-refractivity contribution in [3.8, 4) is 5.75 Å². The zero-order valence-electron chi connectivity index (χ0n) is 14.2. The van der Waals surface area contributed by atoms with Crippen molar-refractivity contribution >= 4 is 29.9 Å². The smallest absolute Gasteiger partial charge is 0.156 e. The van der Waals surface area contributed by atoms with Crippen LogP contribution in [-0.4, -0.2) is 13.3 Å². The third-order valence-electron chi connectivity index (χ3n) is 5.01. The lowest BCUT2D eigenvalue weighted by atomic mass is 10.2. The van der Waals surface area contributed by atoms with Crippen LogP contribution in [0.4, 0.5) is 5.69 Å². The van der Waals surface area contributed by atoms with E-state index in [1.165, 1.54) is 23.8 Å². The fourth-order valence-electron chi connectivity index (χ4n) is 3.29. The molecule has 0 heterocycles. The Labute approximate surface area is 149 Å². The van der Waals surface area contributed by atoms with Crippen molar-refractivity contribution in [1.82, 2.24) is 0 Å². The van der Waals surface area contributed by atoms with Crippen LogP contribution in [0.15, 0.2) is 53.0 Å². The van der Waals surface area contributed by atoms with Gasteiger partial charge in [-0.3, -0.25) is 0 Å². The fraction of sp³-hybridized carbons (Fsp3) is 0.368. The number of phenols is 1. The average molecular weight is 392 g/mol. The maximum absolute atomic E-state index is 10.2. The number of halogens is 1. The predicted molar refractivity (Wildman–Crippen MR) is 106 cm³/mol. The first-order chi connectivity index (χ1) is 11.1. The maximum atomic E-state index is 10.2. The van der Waals surface area contributed by atoms with E-state index in [9.17, 15) is 5.11 Å². The molecular weight excluding hydrogens is 366 g/mol. The summed E-state index contributed by atoms with van der Waals surface area (Å²) < 4.78 is 3.69. The number of aromatic hydroxyl groups is 1. The van der Waals surface area contributed by atoms with Gasteiger partial charge in [0.05, 0.1) is 0 Å². The highest BCUT2D eigenvalue weighted by Crippen LogP contribution is 2.34. The topological polar surface area (TPSA) is 23.5 Å². The number of para-hydroxylation sites is 1. The molecule has 0 aromatic heterocycles. The molecule has 2 nitrogen and oxygen atoms in total.